The summed E-state index contributed by atoms with van der Waals surface area (Å²) >= 11 is 0. The maximum atomic E-state index is 13.1. The number of nitrogens with zero attached hydrogens (tertiary/aromatic N) is 7. The van der Waals surface area contributed by atoms with Crippen LogP contribution in [0.5, 0.6) is 0 Å². The van der Waals surface area contributed by atoms with Crippen molar-refractivity contribution in [2.75, 3.05) is 5.73 Å². The van der Waals surface area contributed by atoms with Gasteiger partial charge in [0.25, 0.3) is 5.91 Å². The number of aromatic nitrogens is 7. The number of ketones is 1. The number of pyridine rings is 1. The number of hydrogen-bond donors (Lipinski definition) is 3. The van der Waals surface area contributed by atoms with Gasteiger partial charge in [-0.1, -0.05) is 6.07 Å². The largest absolute Gasteiger partial charge is 0.384 e. The molecule has 2 unspecified atom stereocenters. The molecule has 0 spiro atoms. The van der Waals surface area contributed by atoms with Gasteiger partial charge in [0.1, 0.15) is 17.7 Å². The number of anilines is 1. The summed E-state index contributed by atoms with van der Waals surface area (Å²) in [6.07, 6.45) is 7.77. The Morgan fingerprint density at radius 2 is 1.87 bits per heavy atom. The lowest BCUT2D eigenvalue weighted by Crippen LogP contribution is -2.46. The van der Waals surface area contributed by atoms with E-state index in [1.165, 1.54) is 17.8 Å². The van der Waals surface area contributed by atoms with E-state index in [0.717, 1.165) is 24.0 Å². The van der Waals surface area contributed by atoms with Crippen molar-refractivity contribution in [3.63, 3.8) is 0 Å². The van der Waals surface area contributed by atoms with E-state index in [4.69, 9.17) is 10.7 Å². The summed E-state index contributed by atoms with van der Waals surface area (Å²) in [6.45, 7) is 4.85. The zero-order valence-corrected chi connectivity index (χ0v) is 21.4. The van der Waals surface area contributed by atoms with E-state index in [-0.39, 0.29) is 41.3 Å². The highest BCUT2D eigenvalue weighted by Crippen LogP contribution is 2.45. The van der Waals surface area contributed by atoms with Crippen LogP contribution in [-0.2, 0) is 5.60 Å². The van der Waals surface area contributed by atoms with Crippen molar-refractivity contribution in [3.05, 3.63) is 53.6 Å². The number of hydrogen-bond acceptors (Lipinski definition) is 9. The minimum absolute atomic E-state index is 0.0124. The number of carbonyl (C=O) groups excluding carboxylic acids is 2. The number of carbonyl (C=O) groups is 2. The van der Waals surface area contributed by atoms with Crippen LogP contribution in [-0.4, -0.2) is 68.5 Å². The van der Waals surface area contributed by atoms with Crippen LogP contribution in [0, 0.1) is 0 Å². The van der Waals surface area contributed by atoms with Crippen LogP contribution in [0.25, 0.3) is 16.8 Å². The average molecular weight is 516 g/mol. The van der Waals surface area contributed by atoms with Crippen LogP contribution in [0.4, 0.5) is 5.82 Å². The maximum absolute atomic E-state index is 13.1. The van der Waals surface area contributed by atoms with Gasteiger partial charge in [-0.3, -0.25) is 19.7 Å². The molecule has 1 amide bonds. The third-order valence-electron chi connectivity index (χ3n) is 7.74. The van der Waals surface area contributed by atoms with E-state index >= 15 is 0 Å². The van der Waals surface area contributed by atoms with Gasteiger partial charge in [0, 0.05) is 35.3 Å². The Morgan fingerprint density at radius 3 is 2.45 bits per heavy atom. The van der Waals surface area contributed by atoms with Gasteiger partial charge in [0.15, 0.2) is 11.4 Å². The Kier molecular flexibility index (Phi) is 5.53. The van der Waals surface area contributed by atoms with Crippen molar-refractivity contribution in [3.8, 4) is 11.1 Å². The van der Waals surface area contributed by atoms with Gasteiger partial charge in [-0.05, 0) is 52.5 Å². The van der Waals surface area contributed by atoms with Crippen LogP contribution in [0.15, 0.2) is 30.9 Å². The quantitative estimate of drug-likeness (QED) is 0.338. The van der Waals surface area contributed by atoms with Gasteiger partial charge in [0.2, 0.25) is 5.82 Å². The molecule has 2 saturated heterocycles. The summed E-state index contributed by atoms with van der Waals surface area (Å²) in [4.78, 5) is 41.3. The number of aliphatic hydroxyl groups is 1. The minimum Gasteiger partial charge on any atom is -0.384 e. The second-order valence-corrected chi connectivity index (χ2v) is 10.7. The highest BCUT2D eigenvalue weighted by Gasteiger charge is 2.45. The topological polar surface area (TPSA) is 168 Å². The molecule has 12 heteroatoms. The Balaban J connectivity index is 1.39. The van der Waals surface area contributed by atoms with Crippen molar-refractivity contribution in [2.45, 2.75) is 70.1 Å². The van der Waals surface area contributed by atoms with Gasteiger partial charge < -0.3 is 15.7 Å². The number of nitrogens with two attached hydrogens (primary N) is 1. The summed E-state index contributed by atoms with van der Waals surface area (Å²) < 4.78 is 1.50. The molecule has 2 aliphatic rings. The smallest absolute Gasteiger partial charge is 0.291 e. The van der Waals surface area contributed by atoms with Gasteiger partial charge in [-0.25, -0.2) is 9.97 Å². The molecule has 196 valence electrons. The number of fused-ring (bicyclic) bond motifs is 3. The molecule has 6 rings (SSSR count). The lowest BCUT2D eigenvalue weighted by atomic mass is 9.85. The van der Waals surface area contributed by atoms with Crippen molar-refractivity contribution in [1.82, 2.24) is 39.7 Å². The first kappa shape index (κ1) is 24.2. The normalized spacial score (nSPS) is 21.3. The summed E-state index contributed by atoms with van der Waals surface area (Å²) in [5, 5.41) is 21.2. The molecule has 2 bridgehead atoms. The molecule has 38 heavy (non-hydrogen) atoms. The molecular formula is C26H29N9O3. The highest BCUT2D eigenvalue weighted by atomic mass is 16.3. The first-order valence-corrected chi connectivity index (χ1v) is 12.7. The molecule has 2 fully saturated rings. The van der Waals surface area contributed by atoms with E-state index in [1.807, 2.05) is 11.0 Å². The fraction of sp³-hybridized carbons (Fsp3) is 0.423. The summed E-state index contributed by atoms with van der Waals surface area (Å²) in [5.74, 6) is 0.117. The molecule has 4 N–H and O–H groups in total. The first-order chi connectivity index (χ1) is 18.1. The Hall–Kier alpha value is -4.19. The van der Waals surface area contributed by atoms with Crippen LogP contribution < -0.4 is 5.73 Å². The average Bonchev–Trinajstić information content (AvgIpc) is 3.61. The van der Waals surface area contributed by atoms with E-state index in [9.17, 15) is 14.7 Å². The van der Waals surface area contributed by atoms with Crippen molar-refractivity contribution in [1.29, 1.82) is 0 Å². The summed E-state index contributed by atoms with van der Waals surface area (Å²) in [5.41, 5.74) is 9.08. The van der Waals surface area contributed by atoms with Crippen LogP contribution in [0.3, 0.4) is 0 Å². The van der Waals surface area contributed by atoms with Gasteiger partial charge in [0.05, 0.1) is 23.1 Å². The number of piperidine rings is 1. The van der Waals surface area contributed by atoms with E-state index in [0.29, 0.717) is 35.4 Å². The highest BCUT2D eigenvalue weighted by molar-refractivity contribution is 6.00. The molecule has 0 saturated carbocycles. The zero-order chi connectivity index (χ0) is 26.8. The third kappa shape index (κ3) is 3.83. The molecule has 12 nitrogen and oxygen atoms in total. The van der Waals surface area contributed by atoms with Crippen LogP contribution in [0.1, 0.15) is 84.7 Å². The Labute approximate surface area is 218 Å². The molecule has 0 radical (unpaired) electrons. The second-order valence-electron chi connectivity index (χ2n) is 10.7. The Bertz CT molecular complexity index is 1520. The fourth-order valence-electron chi connectivity index (χ4n) is 5.97. The molecule has 0 aliphatic carbocycles. The fourth-order valence-corrected chi connectivity index (χ4v) is 5.97. The number of amides is 1. The van der Waals surface area contributed by atoms with E-state index in [2.05, 4.69) is 25.3 Å². The molecule has 2 aliphatic heterocycles. The Morgan fingerprint density at radius 1 is 1.13 bits per heavy atom. The van der Waals surface area contributed by atoms with Crippen molar-refractivity contribution < 1.29 is 14.7 Å². The molecule has 0 aromatic carbocycles. The van der Waals surface area contributed by atoms with Gasteiger partial charge in [-0.15, -0.1) is 0 Å². The maximum Gasteiger partial charge on any atom is 0.291 e. The number of H-pyrrole nitrogens is 1. The van der Waals surface area contributed by atoms with Crippen LogP contribution in [0.2, 0.25) is 0 Å². The monoisotopic (exact) mass is 515 g/mol. The minimum atomic E-state index is -1.06. The first-order valence-electron chi connectivity index (χ1n) is 12.7. The third-order valence-corrected chi connectivity index (χ3v) is 7.74. The number of rotatable bonds is 5. The molecule has 4 aromatic rings. The molecule has 4 aromatic heterocycles. The van der Waals surface area contributed by atoms with Crippen LogP contribution >= 0.6 is 0 Å². The molecule has 6 heterocycles. The number of nitrogens with one attached hydrogen (secondary N) is 1. The summed E-state index contributed by atoms with van der Waals surface area (Å²) in [7, 11) is 0. The van der Waals surface area contributed by atoms with Crippen molar-refractivity contribution in [2.24, 2.45) is 0 Å². The standard InChI is InChI=1S/C26H29N9O3/c1-13(36)20-21(15-8-16-5-6-17(9-15)34(16)25(37)23-29-12-30-33-23)32-24-18(11-31-35(24)22(20)27)14-4-7-19(28-10-14)26(2,3)38/h4,7,10-12,15-17,38H,5-6,8-9,27H2,1-3H3,(H,29,30,33). The van der Waals surface area contributed by atoms with Gasteiger partial charge in [-0.2, -0.15) is 14.7 Å². The molecule has 2 atom stereocenters. The number of nitrogen functional groups attached to an aromatic ring is 1. The predicted molar refractivity (Wildman–Crippen MR) is 137 cm³/mol. The van der Waals surface area contributed by atoms with Crippen molar-refractivity contribution >= 4 is 23.2 Å². The van der Waals surface area contributed by atoms with E-state index in [1.54, 1.807) is 32.3 Å². The summed E-state index contributed by atoms with van der Waals surface area (Å²) in [6, 6.07) is 3.66. The SMILES string of the molecule is CC(=O)c1c(C2CC3CCC(C2)N3C(=O)c2ncn[nH]2)nc2c(-c3ccc(C(C)(C)O)nc3)cnn2c1N. The lowest BCUT2D eigenvalue weighted by Gasteiger charge is -2.38. The number of aromatic amines is 1. The lowest BCUT2D eigenvalue weighted by molar-refractivity contribution is 0.0556. The predicted octanol–water partition coefficient (Wildman–Crippen LogP) is 2.47. The molecular weight excluding hydrogens is 486 g/mol. The van der Waals surface area contributed by atoms with E-state index < -0.39 is 5.60 Å². The zero-order valence-electron chi connectivity index (χ0n) is 21.4. The number of Topliss-reactive ketones (excluding diaryl/α,β-unsaturated/α-hetero) is 1. The second kappa shape index (κ2) is 8.69. The van der Waals surface area contributed by atoms with Gasteiger partial charge >= 0.3 is 0 Å².